The number of anilines is 1. The van der Waals surface area contributed by atoms with Gasteiger partial charge in [-0.15, -0.1) is 0 Å². The molecule has 3 heteroatoms. The van der Waals surface area contributed by atoms with Crippen molar-refractivity contribution >= 4 is 5.69 Å². The van der Waals surface area contributed by atoms with Gasteiger partial charge in [-0.1, -0.05) is 61.2 Å². The van der Waals surface area contributed by atoms with Crippen LogP contribution in [0.1, 0.15) is 48.8 Å². The highest BCUT2D eigenvalue weighted by atomic mass is 16.5. The van der Waals surface area contributed by atoms with Crippen LogP contribution in [0.4, 0.5) is 5.69 Å². The summed E-state index contributed by atoms with van der Waals surface area (Å²) in [4.78, 5) is 0. The van der Waals surface area contributed by atoms with Gasteiger partial charge < -0.3 is 14.8 Å². The Balaban J connectivity index is 1.55. The molecule has 0 unspecified atom stereocenters. The molecule has 0 aliphatic carbocycles. The summed E-state index contributed by atoms with van der Waals surface area (Å²) in [6, 6.07) is 17.4. The van der Waals surface area contributed by atoms with Crippen molar-refractivity contribution in [2.24, 2.45) is 0 Å². The van der Waals surface area contributed by atoms with E-state index < -0.39 is 0 Å². The van der Waals surface area contributed by atoms with Crippen LogP contribution in [0.5, 0.6) is 0 Å². The van der Waals surface area contributed by atoms with E-state index in [1.165, 1.54) is 42.4 Å². The number of unbranched alkanes of at least 4 members (excludes halogenated alkanes) is 4. The largest absolute Gasteiger partial charge is 0.385 e. The molecular formula is C23H33NO2. The maximum Gasteiger partial charge on any atom is 0.116 e. The van der Waals surface area contributed by atoms with Crippen LogP contribution >= 0.6 is 0 Å². The first-order valence-corrected chi connectivity index (χ1v) is 9.73. The quantitative estimate of drug-likeness (QED) is 0.376. The third-order valence-electron chi connectivity index (χ3n) is 4.50. The Morgan fingerprint density at radius 2 is 1.31 bits per heavy atom. The third-order valence-corrected chi connectivity index (χ3v) is 4.50. The predicted octanol–water partition coefficient (Wildman–Crippen LogP) is 5.57. The smallest absolute Gasteiger partial charge is 0.116 e. The summed E-state index contributed by atoms with van der Waals surface area (Å²) >= 11 is 0. The van der Waals surface area contributed by atoms with Gasteiger partial charge in [0.2, 0.25) is 0 Å². The van der Waals surface area contributed by atoms with Gasteiger partial charge in [-0.05, 0) is 49.4 Å². The van der Waals surface area contributed by atoms with E-state index in [1.807, 2.05) is 0 Å². The molecule has 1 N–H and O–H groups in total. The summed E-state index contributed by atoms with van der Waals surface area (Å²) in [5.74, 6) is 0. The fourth-order valence-corrected chi connectivity index (χ4v) is 2.87. The molecule has 0 radical (unpaired) electrons. The standard InChI is InChI=1S/C23H33NO2/c1-20-8-10-21(11-9-20)18-22-12-14-23(15-13-22)24-19-26-17-7-5-3-4-6-16-25-2/h8-15,24H,3-7,16-19H2,1-2H3. The summed E-state index contributed by atoms with van der Waals surface area (Å²) in [5, 5.41) is 3.32. The number of ether oxygens (including phenoxy) is 2. The Kier molecular flexibility index (Phi) is 9.84. The fraction of sp³-hybridized carbons (Fsp3) is 0.478. The van der Waals surface area contributed by atoms with Gasteiger partial charge in [0.05, 0.1) is 0 Å². The van der Waals surface area contributed by atoms with E-state index >= 15 is 0 Å². The molecular weight excluding hydrogens is 322 g/mol. The summed E-state index contributed by atoms with van der Waals surface area (Å²) in [6.45, 7) is 4.39. The van der Waals surface area contributed by atoms with E-state index in [-0.39, 0.29) is 0 Å². The van der Waals surface area contributed by atoms with Crippen LogP contribution in [0.15, 0.2) is 48.5 Å². The predicted molar refractivity (Wildman–Crippen MR) is 110 cm³/mol. The SMILES string of the molecule is COCCCCCCCOCNc1ccc(Cc2ccc(C)cc2)cc1. The van der Waals surface area contributed by atoms with Gasteiger partial charge >= 0.3 is 0 Å². The van der Waals surface area contributed by atoms with Crippen LogP contribution in [0, 0.1) is 6.92 Å². The average molecular weight is 356 g/mol. The van der Waals surface area contributed by atoms with E-state index in [2.05, 4.69) is 60.8 Å². The Morgan fingerprint density at radius 3 is 1.96 bits per heavy atom. The molecule has 142 valence electrons. The van der Waals surface area contributed by atoms with E-state index in [9.17, 15) is 0 Å². The molecule has 0 heterocycles. The fourth-order valence-electron chi connectivity index (χ4n) is 2.87. The molecule has 0 bridgehead atoms. The van der Waals surface area contributed by atoms with Gasteiger partial charge in [-0.3, -0.25) is 0 Å². The van der Waals surface area contributed by atoms with Gasteiger partial charge in [-0.2, -0.15) is 0 Å². The van der Waals surface area contributed by atoms with E-state index in [1.54, 1.807) is 7.11 Å². The van der Waals surface area contributed by atoms with Crippen molar-refractivity contribution in [2.45, 2.75) is 45.4 Å². The van der Waals surface area contributed by atoms with E-state index in [0.29, 0.717) is 6.73 Å². The highest BCUT2D eigenvalue weighted by Gasteiger charge is 1.98. The molecule has 26 heavy (non-hydrogen) atoms. The Bertz CT molecular complexity index is 593. The normalized spacial score (nSPS) is 10.8. The molecule has 0 aromatic heterocycles. The molecule has 2 aromatic rings. The van der Waals surface area contributed by atoms with Crippen molar-refractivity contribution in [3.63, 3.8) is 0 Å². The zero-order valence-electron chi connectivity index (χ0n) is 16.3. The highest BCUT2D eigenvalue weighted by Crippen LogP contribution is 2.14. The van der Waals surface area contributed by atoms with Crippen molar-refractivity contribution in [2.75, 3.05) is 32.4 Å². The Morgan fingerprint density at radius 1 is 0.731 bits per heavy atom. The second-order valence-electron chi connectivity index (χ2n) is 6.85. The van der Waals surface area contributed by atoms with Gasteiger partial charge in [0.15, 0.2) is 0 Å². The van der Waals surface area contributed by atoms with Crippen LogP contribution in [0.2, 0.25) is 0 Å². The number of benzene rings is 2. The average Bonchev–Trinajstić information content (AvgIpc) is 2.66. The summed E-state index contributed by atoms with van der Waals surface area (Å²) < 4.78 is 10.7. The topological polar surface area (TPSA) is 30.5 Å². The molecule has 0 fully saturated rings. The maximum absolute atomic E-state index is 5.67. The molecule has 0 aliphatic rings. The lowest BCUT2D eigenvalue weighted by Gasteiger charge is -2.09. The van der Waals surface area contributed by atoms with Crippen LogP contribution in [-0.2, 0) is 15.9 Å². The number of rotatable bonds is 13. The first-order chi connectivity index (χ1) is 12.8. The molecule has 2 rings (SSSR count). The minimum Gasteiger partial charge on any atom is -0.385 e. The zero-order valence-corrected chi connectivity index (χ0v) is 16.3. The number of hydrogen-bond acceptors (Lipinski definition) is 3. The van der Waals surface area contributed by atoms with E-state index in [0.717, 1.165) is 31.7 Å². The number of aryl methyl sites for hydroxylation is 1. The molecule has 0 saturated carbocycles. The van der Waals surface area contributed by atoms with Crippen molar-refractivity contribution in [1.29, 1.82) is 0 Å². The molecule has 2 aromatic carbocycles. The zero-order chi connectivity index (χ0) is 18.5. The van der Waals surface area contributed by atoms with Crippen LogP contribution in [-0.4, -0.2) is 27.1 Å². The second-order valence-corrected chi connectivity index (χ2v) is 6.85. The van der Waals surface area contributed by atoms with Gasteiger partial charge in [0.25, 0.3) is 0 Å². The van der Waals surface area contributed by atoms with Crippen LogP contribution in [0.3, 0.4) is 0 Å². The first kappa shape index (κ1) is 20.5. The third kappa shape index (κ3) is 8.50. The first-order valence-electron chi connectivity index (χ1n) is 9.73. The van der Waals surface area contributed by atoms with Gasteiger partial charge in [0.1, 0.15) is 6.73 Å². The van der Waals surface area contributed by atoms with Gasteiger partial charge in [-0.25, -0.2) is 0 Å². The van der Waals surface area contributed by atoms with Crippen LogP contribution in [0.25, 0.3) is 0 Å². The molecule has 0 atom stereocenters. The summed E-state index contributed by atoms with van der Waals surface area (Å²) in [6.07, 6.45) is 7.02. The molecule has 0 amide bonds. The number of nitrogens with one attached hydrogen (secondary N) is 1. The minimum absolute atomic E-state index is 0.570. The second kappa shape index (κ2) is 12.5. The van der Waals surface area contributed by atoms with E-state index in [4.69, 9.17) is 9.47 Å². The lowest BCUT2D eigenvalue weighted by Crippen LogP contribution is -2.07. The van der Waals surface area contributed by atoms with Crippen molar-refractivity contribution in [3.05, 3.63) is 65.2 Å². The number of methoxy groups -OCH3 is 1. The maximum atomic E-state index is 5.67. The monoisotopic (exact) mass is 355 g/mol. The van der Waals surface area contributed by atoms with Crippen molar-refractivity contribution in [1.82, 2.24) is 0 Å². The number of hydrogen-bond donors (Lipinski definition) is 1. The summed E-state index contributed by atoms with van der Waals surface area (Å²) in [7, 11) is 1.76. The minimum atomic E-state index is 0.570. The lowest BCUT2D eigenvalue weighted by atomic mass is 10.0. The Hall–Kier alpha value is -1.84. The summed E-state index contributed by atoms with van der Waals surface area (Å²) in [5.41, 5.74) is 5.09. The molecule has 0 saturated heterocycles. The van der Waals surface area contributed by atoms with Crippen LogP contribution < -0.4 is 5.32 Å². The van der Waals surface area contributed by atoms with Gasteiger partial charge in [0, 0.05) is 26.0 Å². The Labute approximate surface area is 158 Å². The lowest BCUT2D eigenvalue weighted by molar-refractivity contribution is 0.146. The highest BCUT2D eigenvalue weighted by molar-refractivity contribution is 5.45. The van der Waals surface area contributed by atoms with Crippen molar-refractivity contribution < 1.29 is 9.47 Å². The molecule has 0 aliphatic heterocycles. The molecule has 3 nitrogen and oxygen atoms in total. The molecule has 0 spiro atoms. The van der Waals surface area contributed by atoms with Crippen molar-refractivity contribution in [3.8, 4) is 0 Å².